The predicted molar refractivity (Wildman–Crippen MR) is 87.5 cm³/mol. The summed E-state index contributed by atoms with van der Waals surface area (Å²) in [4.78, 5) is 12.2. The highest BCUT2D eigenvalue weighted by Gasteiger charge is 2.30. The van der Waals surface area contributed by atoms with E-state index in [4.69, 9.17) is 11.6 Å². The highest BCUT2D eigenvalue weighted by molar-refractivity contribution is 6.31. The van der Waals surface area contributed by atoms with Gasteiger partial charge in [0.25, 0.3) is 0 Å². The highest BCUT2D eigenvalue weighted by atomic mass is 35.5. The first-order valence-electron chi connectivity index (χ1n) is 7.98. The lowest BCUT2D eigenvalue weighted by atomic mass is 10.0. The molecule has 0 aliphatic carbocycles. The lowest BCUT2D eigenvalue weighted by molar-refractivity contribution is -0.122. The van der Waals surface area contributed by atoms with Crippen molar-refractivity contribution < 1.29 is 4.79 Å². The molecule has 4 N–H and O–H groups in total. The highest BCUT2D eigenvalue weighted by Crippen LogP contribution is 2.28. The van der Waals surface area contributed by atoms with Crippen LogP contribution in [0.3, 0.4) is 0 Å². The van der Waals surface area contributed by atoms with E-state index in [0.29, 0.717) is 12.3 Å². The van der Waals surface area contributed by atoms with Crippen LogP contribution in [-0.2, 0) is 4.79 Å². The van der Waals surface area contributed by atoms with Crippen molar-refractivity contribution in [2.24, 2.45) is 5.92 Å². The molecule has 2 saturated heterocycles. The van der Waals surface area contributed by atoms with Crippen molar-refractivity contribution in [1.29, 1.82) is 0 Å². The van der Waals surface area contributed by atoms with Crippen molar-refractivity contribution in [1.82, 2.24) is 21.5 Å². The van der Waals surface area contributed by atoms with Gasteiger partial charge in [0.15, 0.2) is 0 Å². The van der Waals surface area contributed by atoms with Gasteiger partial charge >= 0.3 is 0 Å². The van der Waals surface area contributed by atoms with E-state index in [1.54, 1.807) is 0 Å². The van der Waals surface area contributed by atoms with E-state index in [1.165, 1.54) is 6.42 Å². The van der Waals surface area contributed by atoms with Crippen LogP contribution in [0.15, 0.2) is 24.3 Å². The van der Waals surface area contributed by atoms with Gasteiger partial charge in [-0.25, -0.2) is 10.9 Å². The molecule has 2 aliphatic heterocycles. The summed E-state index contributed by atoms with van der Waals surface area (Å²) >= 11 is 6.21. The van der Waals surface area contributed by atoms with E-state index in [-0.39, 0.29) is 18.0 Å². The summed E-state index contributed by atoms with van der Waals surface area (Å²) in [5.74, 6) is 0.763. The second-order valence-corrected chi connectivity index (χ2v) is 6.50. The molecule has 0 bridgehead atoms. The zero-order chi connectivity index (χ0) is 15.4. The van der Waals surface area contributed by atoms with E-state index in [1.807, 2.05) is 24.3 Å². The second-order valence-electron chi connectivity index (χ2n) is 6.09. The maximum absolute atomic E-state index is 12.2. The van der Waals surface area contributed by atoms with Gasteiger partial charge in [0.05, 0.1) is 0 Å². The number of hydrazine groups is 1. The van der Waals surface area contributed by atoms with Gasteiger partial charge in [-0.15, -0.1) is 0 Å². The molecular weight excluding hydrogens is 300 g/mol. The fourth-order valence-corrected chi connectivity index (χ4v) is 3.44. The van der Waals surface area contributed by atoms with Gasteiger partial charge in [0.2, 0.25) is 5.91 Å². The fraction of sp³-hybridized carbons (Fsp3) is 0.562. The molecule has 2 heterocycles. The molecule has 1 amide bonds. The Morgan fingerprint density at radius 3 is 2.95 bits per heavy atom. The minimum atomic E-state index is -0.206. The Balaban J connectivity index is 1.45. The van der Waals surface area contributed by atoms with Crippen molar-refractivity contribution in [3.05, 3.63) is 34.9 Å². The number of halogens is 1. The van der Waals surface area contributed by atoms with Crippen LogP contribution in [0.2, 0.25) is 5.02 Å². The van der Waals surface area contributed by atoms with Gasteiger partial charge in [0.1, 0.15) is 6.04 Å². The quantitative estimate of drug-likeness (QED) is 0.661. The van der Waals surface area contributed by atoms with Gasteiger partial charge in [-0.1, -0.05) is 29.8 Å². The first-order valence-corrected chi connectivity index (χ1v) is 8.36. The lowest BCUT2D eigenvalue weighted by Crippen LogP contribution is -2.43. The molecule has 0 saturated carbocycles. The smallest absolute Gasteiger partial charge is 0.238 e. The third-order valence-corrected chi connectivity index (χ3v) is 4.86. The van der Waals surface area contributed by atoms with E-state index in [9.17, 15) is 4.79 Å². The molecule has 3 atom stereocenters. The minimum Gasteiger partial charge on any atom is -0.355 e. The summed E-state index contributed by atoms with van der Waals surface area (Å²) in [5.41, 5.74) is 7.28. The van der Waals surface area contributed by atoms with Crippen LogP contribution in [0.25, 0.3) is 0 Å². The topological polar surface area (TPSA) is 65.2 Å². The number of amides is 1. The zero-order valence-electron chi connectivity index (χ0n) is 12.6. The number of benzene rings is 1. The SMILES string of the molecule is O=C(NCCC1CCNC1)C1CC(c2ccccc2Cl)NN1. The molecule has 1 aromatic carbocycles. The Morgan fingerprint density at radius 1 is 1.32 bits per heavy atom. The summed E-state index contributed by atoms with van der Waals surface area (Å²) < 4.78 is 0. The molecule has 22 heavy (non-hydrogen) atoms. The summed E-state index contributed by atoms with van der Waals surface area (Å²) in [7, 11) is 0. The molecule has 2 fully saturated rings. The van der Waals surface area contributed by atoms with E-state index < -0.39 is 0 Å². The molecule has 0 radical (unpaired) electrons. The zero-order valence-corrected chi connectivity index (χ0v) is 13.3. The van der Waals surface area contributed by atoms with Crippen LogP contribution in [-0.4, -0.2) is 31.6 Å². The Bertz CT molecular complexity index is 519. The van der Waals surface area contributed by atoms with Crippen LogP contribution in [0.4, 0.5) is 0 Å². The molecule has 1 aromatic rings. The summed E-state index contributed by atoms with van der Waals surface area (Å²) in [5, 5.41) is 7.12. The second kappa shape index (κ2) is 7.42. The van der Waals surface area contributed by atoms with Crippen LogP contribution < -0.4 is 21.5 Å². The predicted octanol–water partition coefficient (Wildman–Crippen LogP) is 1.36. The van der Waals surface area contributed by atoms with E-state index in [2.05, 4.69) is 21.5 Å². The maximum atomic E-state index is 12.2. The third kappa shape index (κ3) is 3.79. The molecule has 3 unspecified atom stereocenters. The fourth-order valence-electron chi connectivity index (χ4n) is 3.17. The van der Waals surface area contributed by atoms with Gasteiger partial charge < -0.3 is 10.6 Å². The lowest BCUT2D eigenvalue weighted by Gasteiger charge is -2.13. The summed E-state index contributed by atoms with van der Waals surface area (Å²) in [6, 6.07) is 7.62. The summed E-state index contributed by atoms with van der Waals surface area (Å²) in [6.07, 6.45) is 2.97. The Labute approximate surface area is 136 Å². The Hall–Kier alpha value is -1.14. The maximum Gasteiger partial charge on any atom is 0.238 e. The van der Waals surface area contributed by atoms with Crippen molar-refractivity contribution in [2.75, 3.05) is 19.6 Å². The van der Waals surface area contributed by atoms with Crippen LogP contribution in [0.1, 0.15) is 30.9 Å². The van der Waals surface area contributed by atoms with Crippen molar-refractivity contribution in [3.63, 3.8) is 0 Å². The number of hydrogen-bond acceptors (Lipinski definition) is 4. The number of rotatable bonds is 5. The molecule has 3 rings (SSSR count). The van der Waals surface area contributed by atoms with Crippen molar-refractivity contribution in [3.8, 4) is 0 Å². The van der Waals surface area contributed by atoms with Crippen LogP contribution >= 0.6 is 11.6 Å². The number of hydrogen-bond donors (Lipinski definition) is 4. The van der Waals surface area contributed by atoms with Crippen molar-refractivity contribution in [2.45, 2.75) is 31.3 Å². The molecule has 0 spiro atoms. The summed E-state index contributed by atoms with van der Waals surface area (Å²) in [6.45, 7) is 2.93. The molecular formula is C16H23ClN4O. The number of nitrogens with one attached hydrogen (secondary N) is 4. The third-order valence-electron chi connectivity index (χ3n) is 4.51. The molecule has 0 aromatic heterocycles. The first kappa shape index (κ1) is 15.7. The molecule has 2 aliphatic rings. The largest absolute Gasteiger partial charge is 0.355 e. The average molecular weight is 323 g/mol. The normalized spacial score (nSPS) is 28.0. The van der Waals surface area contributed by atoms with E-state index >= 15 is 0 Å². The Kier molecular flexibility index (Phi) is 5.31. The van der Waals surface area contributed by atoms with Crippen LogP contribution in [0, 0.1) is 5.92 Å². The number of carbonyl (C=O) groups excluding carboxylic acids is 1. The van der Waals surface area contributed by atoms with Gasteiger partial charge in [-0.3, -0.25) is 4.79 Å². The standard InChI is InChI=1S/C16H23ClN4O/c17-13-4-2-1-3-12(13)14-9-15(21-20-14)16(22)19-8-6-11-5-7-18-10-11/h1-4,11,14-15,18,20-21H,5-10H2,(H,19,22). The molecule has 120 valence electrons. The van der Waals surface area contributed by atoms with Crippen molar-refractivity contribution >= 4 is 17.5 Å². The van der Waals surface area contributed by atoms with E-state index in [0.717, 1.165) is 36.6 Å². The first-order chi connectivity index (χ1) is 10.7. The minimum absolute atomic E-state index is 0.0630. The monoisotopic (exact) mass is 322 g/mol. The molecule has 5 nitrogen and oxygen atoms in total. The molecule has 6 heteroatoms. The van der Waals surface area contributed by atoms with Gasteiger partial charge in [-0.05, 0) is 49.9 Å². The van der Waals surface area contributed by atoms with Crippen LogP contribution in [0.5, 0.6) is 0 Å². The van der Waals surface area contributed by atoms with Gasteiger partial charge in [-0.2, -0.15) is 0 Å². The average Bonchev–Trinajstić information content (AvgIpc) is 3.19. The number of carbonyl (C=O) groups is 1. The van der Waals surface area contributed by atoms with Gasteiger partial charge in [0, 0.05) is 17.6 Å². The Morgan fingerprint density at radius 2 is 2.18 bits per heavy atom.